The van der Waals surface area contributed by atoms with Crippen molar-refractivity contribution in [3.63, 3.8) is 0 Å². The van der Waals surface area contributed by atoms with Gasteiger partial charge in [-0.05, 0) is 37.2 Å². The number of nitrogens with zero attached hydrogens (tertiary/aromatic N) is 1. The first-order chi connectivity index (χ1) is 7.43. The molecule has 1 aromatic rings. The Bertz CT molecular complexity index is 377. The van der Waals surface area contributed by atoms with Gasteiger partial charge in [0, 0.05) is 11.8 Å². The number of pyridine rings is 1. The molecule has 2 rings (SSSR count). The zero-order chi connectivity index (χ0) is 11.8. The van der Waals surface area contributed by atoms with E-state index in [-0.39, 0.29) is 0 Å². The van der Waals surface area contributed by atoms with Crippen LogP contribution < -0.4 is 5.73 Å². The lowest BCUT2D eigenvalue weighted by Gasteiger charge is -2.40. The lowest BCUT2D eigenvalue weighted by atomic mass is 9.69. The summed E-state index contributed by atoms with van der Waals surface area (Å²) in [6.45, 7) is 4.50. The summed E-state index contributed by atoms with van der Waals surface area (Å²) in [6.07, 6.45) is 5.26. The van der Waals surface area contributed by atoms with Gasteiger partial charge in [0.1, 0.15) is 5.82 Å². The van der Waals surface area contributed by atoms with E-state index in [4.69, 9.17) is 5.73 Å². The topological polar surface area (TPSA) is 59.1 Å². The van der Waals surface area contributed by atoms with E-state index >= 15 is 0 Å². The molecule has 1 fully saturated rings. The molecule has 16 heavy (non-hydrogen) atoms. The minimum atomic E-state index is -0.770. The Labute approximate surface area is 96.7 Å². The van der Waals surface area contributed by atoms with Gasteiger partial charge in [0.15, 0.2) is 0 Å². The van der Waals surface area contributed by atoms with Crippen molar-refractivity contribution in [3.8, 4) is 0 Å². The first-order valence-corrected chi connectivity index (χ1v) is 5.86. The number of hydrogen-bond donors (Lipinski definition) is 2. The maximum atomic E-state index is 10.6. The van der Waals surface area contributed by atoms with Crippen LogP contribution in [-0.4, -0.2) is 10.1 Å². The molecule has 0 atom stereocenters. The van der Waals surface area contributed by atoms with Crippen molar-refractivity contribution in [1.29, 1.82) is 0 Å². The largest absolute Gasteiger partial charge is 0.385 e. The van der Waals surface area contributed by atoms with Crippen molar-refractivity contribution in [2.24, 2.45) is 5.41 Å². The molecule has 0 radical (unpaired) electrons. The number of aliphatic hydroxyl groups is 1. The van der Waals surface area contributed by atoms with E-state index in [1.807, 2.05) is 12.1 Å². The van der Waals surface area contributed by atoms with E-state index in [0.29, 0.717) is 11.2 Å². The fourth-order valence-electron chi connectivity index (χ4n) is 2.42. The highest BCUT2D eigenvalue weighted by Crippen LogP contribution is 2.45. The van der Waals surface area contributed by atoms with Crippen LogP contribution >= 0.6 is 0 Å². The van der Waals surface area contributed by atoms with Crippen LogP contribution in [0.25, 0.3) is 0 Å². The number of hydrogen-bond acceptors (Lipinski definition) is 3. The summed E-state index contributed by atoms with van der Waals surface area (Å²) in [5.41, 5.74) is 6.20. The molecule has 0 aliphatic heterocycles. The minimum Gasteiger partial charge on any atom is -0.385 e. The van der Waals surface area contributed by atoms with Gasteiger partial charge in [-0.25, -0.2) is 4.98 Å². The van der Waals surface area contributed by atoms with Crippen LogP contribution in [0.15, 0.2) is 18.3 Å². The molecule has 0 spiro atoms. The van der Waals surface area contributed by atoms with Crippen LogP contribution in [-0.2, 0) is 5.60 Å². The molecule has 0 aromatic carbocycles. The molecule has 88 valence electrons. The second-order valence-corrected chi connectivity index (χ2v) is 5.63. The molecule has 3 N–H and O–H groups in total. The van der Waals surface area contributed by atoms with Crippen molar-refractivity contribution in [2.45, 2.75) is 45.1 Å². The summed E-state index contributed by atoms with van der Waals surface area (Å²) in [6, 6.07) is 3.73. The van der Waals surface area contributed by atoms with E-state index < -0.39 is 5.60 Å². The highest BCUT2D eigenvalue weighted by atomic mass is 16.3. The molecule has 1 heterocycles. The molecule has 1 saturated carbocycles. The fourth-order valence-corrected chi connectivity index (χ4v) is 2.42. The van der Waals surface area contributed by atoms with Gasteiger partial charge in [0.2, 0.25) is 0 Å². The third-order valence-corrected chi connectivity index (χ3v) is 3.77. The second kappa shape index (κ2) is 3.74. The Balaban J connectivity index is 2.25. The normalized spacial score (nSPS) is 22.9. The Kier molecular flexibility index (Phi) is 2.66. The number of rotatable bonds is 1. The average molecular weight is 220 g/mol. The summed E-state index contributed by atoms with van der Waals surface area (Å²) in [7, 11) is 0. The fraction of sp³-hybridized carbons (Fsp3) is 0.615. The number of anilines is 1. The maximum Gasteiger partial charge on any atom is 0.129 e. The van der Waals surface area contributed by atoms with Gasteiger partial charge < -0.3 is 10.8 Å². The third kappa shape index (κ3) is 2.05. The standard InChI is InChI=1S/C13H20N2O/c1-12(2)5-7-13(16,8-6-12)10-4-3-9-15-11(10)14/h3-4,9,16H,5-8H2,1-2H3,(H2,14,15). The molecule has 3 heteroatoms. The van der Waals surface area contributed by atoms with Crippen LogP contribution in [0, 0.1) is 5.41 Å². The van der Waals surface area contributed by atoms with Crippen molar-refractivity contribution >= 4 is 5.82 Å². The van der Waals surface area contributed by atoms with Crippen LogP contribution in [0.4, 0.5) is 5.82 Å². The van der Waals surface area contributed by atoms with Crippen LogP contribution in [0.2, 0.25) is 0 Å². The van der Waals surface area contributed by atoms with E-state index in [1.54, 1.807) is 6.20 Å². The van der Waals surface area contributed by atoms with Crippen molar-refractivity contribution in [3.05, 3.63) is 23.9 Å². The van der Waals surface area contributed by atoms with Crippen molar-refractivity contribution in [2.75, 3.05) is 5.73 Å². The predicted molar refractivity (Wildman–Crippen MR) is 64.8 cm³/mol. The Hall–Kier alpha value is -1.09. The van der Waals surface area contributed by atoms with Crippen molar-refractivity contribution < 1.29 is 5.11 Å². The van der Waals surface area contributed by atoms with Gasteiger partial charge in [0.05, 0.1) is 5.60 Å². The summed E-state index contributed by atoms with van der Waals surface area (Å²) >= 11 is 0. The summed E-state index contributed by atoms with van der Waals surface area (Å²) in [5, 5.41) is 10.6. The van der Waals surface area contributed by atoms with Gasteiger partial charge in [-0.1, -0.05) is 19.9 Å². The molecular weight excluding hydrogens is 200 g/mol. The Morgan fingerprint density at radius 2 is 1.88 bits per heavy atom. The zero-order valence-corrected chi connectivity index (χ0v) is 10.0. The van der Waals surface area contributed by atoms with Crippen molar-refractivity contribution in [1.82, 2.24) is 4.98 Å². The van der Waals surface area contributed by atoms with E-state index in [2.05, 4.69) is 18.8 Å². The smallest absolute Gasteiger partial charge is 0.129 e. The molecule has 0 saturated heterocycles. The second-order valence-electron chi connectivity index (χ2n) is 5.63. The Morgan fingerprint density at radius 1 is 1.25 bits per heavy atom. The number of nitrogen functional groups attached to an aromatic ring is 1. The molecule has 3 nitrogen and oxygen atoms in total. The first-order valence-electron chi connectivity index (χ1n) is 5.86. The van der Waals surface area contributed by atoms with Gasteiger partial charge in [-0.3, -0.25) is 0 Å². The third-order valence-electron chi connectivity index (χ3n) is 3.77. The lowest BCUT2D eigenvalue weighted by Crippen LogP contribution is -2.35. The quantitative estimate of drug-likeness (QED) is 0.764. The minimum absolute atomic E-state index is 0.337. The maximum absolute atomic E-state index is 10.6. The highest BCUT2D eigenvalue weighted by Gasteiger charge is 2.39. The van der Waals surface area contributed by atoms with E-state index in [9.17, 15) is 5.11 Å². The first kappa shape index (κ1) is 11.4. The van der Waals surface area contributed by atoms with Gasteiger partial charge >= 0.3 is 0 Å². The van der Waals surface area contributed by atoms with Gasteiger partial charge in [0.25, 0.3) is 0 Å². The zero-order valence-electron chi connectivity index (χ0n) is 10.0. The van der Waals surface area contributed by atoms with E-state index in [1.165, 1.54) is 0 Å². The molecule has 1 aromatic heterocycles. The molecule has 1 aliphatic rings. The Morgan fingerprint density at radius 3 is 2.44 bits per heavy atom. The summed E-state index contributed by atoms with van der Waals surface area (Å²) in [5.74, 6) is 0.463. The molecule has 0 unspecified atom stereocenters. The van der Waals surface area contributed by atoms with Crippen LogP contribution in [0.3, 0.4) is 0 Å². The lowest BCUT2D eigenvalue weighted by molar-refractivity contribution is -0.0301. The highest BCUT2D eigenvalue weighted by molar-refractivity contribution is 5.43. The number of nitrogens with two attached hydrogens (primary N) is 1. The monoisotopic (exact) mass is 220 g/mol. The van der Waals surface area contributed by atoms with Crippen LogP contribution in [0.5, 0.6) is 0 Å². The van der Waals surface area contributed by atoms with Gasteiger partial charge in [-0.15, -0.1) is 0 Å². The molecule has 0 amide bonds. The SMILES string of the molecule is CC1(C)CCC(O)(c2cccnc2N)CC1. The van der Waals surface area contributed by atoms with Gasteiger partial charge in [-0.2, -0.15) is 0 Å². The molecule has 1 aliphatic carbocycles. The average Bonchev–Trinajstić information content (AvgIpc) is 2.24. The molecular formula is C13H20N2O. The van der Waals surface area contributed by atoms with E-state index in [0.717, 1.165) is 31.2 Å². The number of aromatic nitrogens is 1. The molecule has 0 bridgehead atoms. The summed E-state index contributed by atoms with van der Waals surface area (Å²) in [4.78, 5) is 4.05. The predicted octanol–water partition coefficient (Wildman–Crippen LogP) is 2.45. The summed E-state index contributed by atoms with van der Waals surface area (Å²) < 4.78 is 0. The van der Waals surface area contributed by atoms with Crippen LogP contribution in [0.1, 0.15) is 45.1 Å².